The monoisotopic (exact) mass is 278 g/mol. The summed E-state index contributed by atoms with van der Waals surface area (Å²) in [6.45, 7) is 4.33. The highest BCUT2D eigenvalue weighted by Gasteiger charge is 2.16. The van der Waals surface area contributed by atoms with E-state index in [4.69, 9.17) is 5.26 Å². The van der Waals surface area contributed by atoms with Gasteiger partial charge in [0.25, 0.3) is 0 Å². The van der Waals surface area contributed by atoms with E-state index >= 15 is 0 Å². The molecule has 102 valence electrons. The summed E-state index contributed by atoms with van der Waals surface area (Å²) in [5.41, 5.74) is 1.97. The first-order valence-electron chi connectivity index (χ1n) is 6.11. The van der Waals surface area contributed by atoms with Gasteiger partial charge < -0.3 is 0 Å². The van der Waals surface area contributed by atoms with Gasteiger partial charge in [0.1, 0.15) is 0 Å². The molecule has 0 aromatic heterocycles. The van der Waals surface area contributed by atoms with Gasteiger partial charge in [-0.1, -0.05) is 36.8 Å². The minimum absolute atomic E-state index is 0.200. The molecule has 0 saturated heterocycles. The summed E-state index contributed by atoms with van der Waals surface area (Å²) in [5.74, 6) is 0. The van der Waals surface area contributed by atoms with E-state index in [9.17, 15) is 8.42 Å². The molecule has 5 heteroatoms. The van der Waals surface area contributed by atoms with Gasteiger partial charge in [-0.05, 0) is 18.6 Å². The van der Waals surface area contributed by atoms with E-state index in [1.807, 2.05) is 37.3 Å². The molecular weight excluding hydrogens is 260 g/mol. The molecule has 0 aliphatic carbocycles. The maximum absolute atomic E-state index is 12.0. The number of nitrogens with zero attached hydrogens (tertiary/aromatic N) is 2. The average Bonchev–Trinajstić information content (AvgIpc) is 2.39. The van der Waals surface area contributed by atoms with Crippen LogP contribution in [0.5, 0.6) is 0 Å². The fraction of sp³-hybridized carbons (Fsp3) is 0.357. The summed E-state index contributed by atoms with van der Waals surface area (Å²) in [4.78, 5) is 0. The van der Waals surface area contributed by atoms with Crippen LogP contribution in [0.15, 0.2) is 29.7 Å². The molecule has 4 nitrogen and oxygen atoms in total. The third-order valence-corrected chi connectivity index (χ3v) is 4.34. The molecule has 1 rings (SSSR count). The molecular formula is C14H18N2O2S. The first-order chi connectivity index (χ1) is 8.99. The summed E-state index contributed by atoms with van der Waals surface area (Å²) in [5, 5.41) is 9.71. The van der Waals surface area contributed by atoms with E-state index in [0.717, 1.165) is 11.1 Å². The van der Waals surface area contributed by atoms with Crippen molar-refractivity contribution in [3.8, 4) is 6.07 Å². The molecule has 0 heterocycles. The Kier molecular flexibility index (Phi) is 5.74. The maximum Gasteiger partial charge on any atom is 0.236 e. The largest absolute Gasteiger partial charge is 0.236 e. The van der Waals surface area contributed by atoms with Gasteiger partial charge in [0, 0.05) is 24.9 Å². The van der Waals surface area contributed by atoms with Gasteiger partial charge in [0.15, 0.2) is 0 Å². The van der Waals surface area contributed by atoms with Crippen LogP contribution in [0.25, 0.3) is 6.08 Å². The lowest BCUT2D eigenvalue weighted by atomic mass is 10.2. The van der Waals surface area contributed by atoms with Crippen LogP contribution in [-0.4, -0.2) is 25.8 Å². The van der Waals surface area contributed by atoms with Gasteiger partial charge in [-0.25, -0.2) is 8.42 Å². The van der Waals surface area contributed by atoms with Crippen LogP contribution < -0.4 is 0 Å². The van der Waals surface area contributed by atoms with E-state index in [1.54, 1.807) is 13.0 Å². The second-order valence-electron chi connectivity index (χ2n) is 4.16. The van der Waals surface area contributed by atoms with Crippen molar-refractivity contribution in [3.63, 3.8) is 0 Å². The molecule has 0 aliphatic rings. The molecule has 0 aliphatic heterocycles. The first-order valence-corrected chi connectivity index (χ1v) is 7.61. The van der Waals surface area contributed by atoms with E-state index in [-0.39, 0.29) is 13.0 Å². The van der Waals surface area contributed by atoms with Gasteiger partial charge >= 0.3 is 0 Å². The van der Waals surface area contributed by atoms with Crippen molar-refractivity contribution in [1.29, 1.82) is 5.26 Å². The highest BCUT2D eigenvalue weighted by molar-refractivity contribution is 7.92. The molecule has 0 spiro atoms. The van der Waals surface area contributed by atoms with Crippen molar-refractivity contribution >= 4 is 16.1 Å². The predicted octanol–water partition coefficient (Wildman–Crippen LogP) is 2.53. The Morgan fingerprint density at radius 3 is 2.47 bits per heavy atom. The smallest absolute Gasteiger partial charge is 0.208 e. The Hall–Kier alpha value is -1.64. The normalized spacial score (nSPS) is 11.9. The van der Waals surface area contributed by atoms with Gasteiger partial charge in [-0.2, -0.15) is 9.57 Å². The number of hydrogen-bond acceptors (Lipinski definition) is 3. The lowest BCUT2D eigenvalue weighted by Crippen LogP contribution is -2.29. The van der Waals surface area contributed by atoms with Crippen LogP contribution in [0, 0.1) is 18.3 Å². The van der Waals surface area contributed by atoms with Crippen LogP contribution in [0.4, 0.5) is 0 Å². The molecule has 0 saturated carbocycles. The van der Waals surface area contributed by atoms with Crippen molar-refractivity contribution in [3.05, 3.63) is 40.8 Å². The summed E-state index contributed by atoms with van der Waals surface area (Å²) in [6.07, 6.45) is 1.77. The SMILES string of the molecule is CCN(CCC#N)S(=O)(=O)/C=C\c1ccc(C)cc1. The standard InChI is InChI=1S/C14H18N2O2S/c1-3-16(11-4-10-15)19(17,18)12-9-14-7-5-13(2)6-8-14/h5-9,12H,3-4,11H2,1-2H3/b12-9-. The third kappa shape index (κ3) is 4.86. The van der Waals surface area contributed by atoms with E-state index in [1.165, 1.54) is 9.71 Å². The van der Waals surface area contributed by atoms with Crippen molar-refractivity contribution in [2.75, 3.05) is 13.1 Å². The summed E-state index contributed by atoms with van der Waals surface area (Å²) in [6, 6.07) is 9.55. The average molecular weight is 278 g/mol. The number of nitriles is 1. The van der Waals surface area contributed by atoms with Gasteiger partial charge in [-0.15, -0.1) is 0 Å². The van der Waals surface area contributed by atoms with Crippen LogP contribution in [0.1, 0.15) is 24.5 Å². The van der Waals surface area contributed by atoms with Crippen molar-refractivity contribution < 1.29 is 8.42 Å². The zero-order valence-electron chi connectivity index (χ0n) is 11.2. The topological polar surface area (TPSA) is 61.2 Å². The van der Waals surface area contributed by atoms with Crippen molar-refractivity contribution in [2.24, 2.45) is 0 Å². The van der Waals surface area contributed by atoms with Gasteiger partial charge in [0.2, 0.25) is 10.0 Å². The number of hydrogen-bond donors (Lipinski definition) is 0. The van der Waals surface area contributed by atoms with Crippen molar-refractivity contribution in [1.82, 2.24) is 4.31 Å². The highest BCUT2D eigenvalue weighted by atomic mass is 32.2. The molecule has 1 aromatic rings. The Bertz CT molecular complexity index is 568. The van der Waals surface area contributed by atoms with Crippen LogP contribution in [-0.2, 0) is 10.0 Å². The number of sulfonamides is 1. The van der Waals surface area contributed by atoms with E-state index in [2.05, 4.69) is 0 Å². The van der Waals surface area contributed by atoms with Crippen LogP contribution >= 0.6 is 0 Å². The molecule has 19 heavy (non-hydrogen) atoms. The zero-order valence-corrected chi connectivity index (χ0v) is 12.0. The molecule has 0 unspecified atom stereocenters. The van der Waals surface area contributed by atoms with E-state index < -0.39 is 10.0 Å². The second-order valence-corrected chi connectivity index (χ2v) is 5.98. The minimum atomic E-state index is -3.45. The highest BCUT2D eigenvalue weighted by Crippen LogP contribution is 2.09. The number of rotatable bonds is 6. The molecule has 0 fully saturated rings. The second kappa shape index (κ2) is 7.07. The third-order valence-electron chi connectivity index (χ3n) is 2.70. The molecule has 0 amide bonds. The Balaban J connectivity index is 2.83. The Morgan fingerprint density at radius 2 is 1.95 bits per heavy atom. The predicted molar refractivity (Wildman–Crippen MR) is 76.6 cm³/mol. The van der Waals surface area contributed by atoms with E-state index in [0.29, 0.717) is 6.54 Å². The minimum Gasteiger partial charge on any atom is -0.208 e. The number of aryl methyl sites for hydroxylation is 1. The van der Waals surface area contributed by atoms with Gasteiger partial charge in [-0.3, -0.25) is 0 Å². The van der Waals surface area contributed by atoms with Crippen LogP contribution in [0.2, 0.25) is 0 Å². The summed E-state index contributed by atoms with van der Waals surface area (Å²) < 4.78 is 25.4. The summed E-state index contributed by atoms with van der Waals surface area (Å²) in [7, 11) is -3.45. The fourth-order valence-corrected chi connectivity index (χ4v) is 2.78. The fourth-order valence-electron chi connectivity index (χ4n) is 1.57. The lowest BCUT2D eigenvalue weighted by molar-refractivity contribution is 0.442. The molecule has 0 N–H and O–H groups in total. The molecule has 0 bridgehead atoms. The summed E-state index contributed by atoms with van der Waals surface area (Å²) >= 11 is 0. The molecule has 0 radical (unpaired) electrons. The first kappa shape index (κ1) is 15.4. The Morgan fingerprint density at radius 1 is 1.32 bits per heavy atom. The molecule has 0 atom stereocenters. The van der Waals surface area contributed by atoms with Crippen LogP contribution in [0.3, 0.4) is 0 Å². The molecule has 1 aromatic carbocycles. The zero-order chi connectivity index (χ0) is 14.3. The number of benzene rings is 1. The lowest BCUT2D eigenvalue weighted by Gasteiger charge is -2.16. The Labute approximate surface area is 115 Å². The maximum atomic E-state index is 12.0. The quantitative estimate of drug-likeness (QED) is 0.803. The van der Waals surface area contributed by atoms with Crippen molar-refractivity contribution in [2.45, 2.75) is 20.3 Å². The van der Waals surface area contributed by atoms with Gasteiger partial charge in [0.05, 0.1) is 6.07 Å².